The van der Waals surface area contributed by atoms with Crippen LogP contribution in [0.3, 0.4) is 0 Å². The van der Waals surface area contributed by atoms with Crippen molar-refractivity contribution in [1.29, 1.82) is 0 Å². The van der Waals surface area contributed by atoms with Crippen LogP contribution in [0.5, 0.6) is 11.6 Å². The van der Waals surface area contributed by atoms with E-state index in [4.69, 9.17) is 25.8 Å². The normalized spacial score (nSPS) is 19.4. The molecule has 1 aliphatic carbocycles. The van der Waals surface area contributed by atoms with Gasteiger partial charge in [-0.2, -0.15) is 4.31 Å². The molecular weight excluding hydrogens is 642 g/mol. The van der Waals surface area contributed by atoms with Crippen LogP contribution in [0.15, 0.2) is 35.4 Å². The molecule has 13 heteroatoms. The zero-order chi connectivity index (χ0) is 33.0. The van der Waals surface area contributed by atoms with Crippen molar-refractivity contribution in [2.45, 2.75) is 82.3 Å². The number of aromatic nitrogens is 4. The van der Waals surface area contributed by atoms with Crippen LogP contribution in [0.4, 0.5) is 0 Å². The largest absolute Gasteiger partial charge is 0.493 e. The Morgan fingerprint density at radius 2 is 2.00 bits per heavy atom. The summed E-state index contributed by atoms with van der Waals surface area (Å²) in [6, 6.07) is 7.70. The molecule has 2 aliphatic heterocycles. The fourth-order valence-electron chi connectivity index (χ4n) is 6.90. The highest BCUT2D eigenvalue weighted by molar-refractivity contribution is 7.89. The Bertz CT molecular complexity index is 1990. The van der Waals surface area contributed by atoms with Crippen molar-refractivity contribution < 1.29 is 27.4 Å². The van der Waals surface area contributed by atoms with Crippen molar-refractivity contribution in [3.05, 3.63) is 68.9 Å². The topological polar surface area (TPSA) is 126 Å². The van der Waals surface area contributed by atoms with E-state index in [2.05, 4.69) is 27.4 Å². The van der Waals surface area contributed by atoms with Crippen molar-refractivity contribution in [2.24, 2.45) is 7.05 Å². The summed E-state index contributed by atoms with van der Waals surface area (Å²) in [6.07, 6.45) is 4.56. The highest BCUT2D eigenvalue weighted by atomic mass is 35.5. The molecule has 1 unspecified atom stereocenters. The number of hydrogen-bond donors (Lipinski definition) is 0. The third-order valence-electron chi connectivity index (χ3n) is 9.44. The molecule has 2 aromatic heterocycles. The van der Waals surface area contributed by atoms with E-state index in [1.54, 1.807) is 6.92 Å². The Morgan fingerprint density at radius 1 is 1.19 bits per heavy atom. The van der Waals surface area contributed by atoms with Gasteiger partial charge < -0.3 is 14.2 Å². The van der Waals surface area contributed by atoms with E-state index >= 15 is 0 Å². The standard InChI is InChI=1S/C34H38ClN5O6S/c1-5-25-18-40(47(42,43)29-13-24(35)16-36-34(29)46-25)17-23-12-22(11-21-9-10-45-33(21)23)27(15-30(41)44-6-2)26-14-28(20-7-8-20)32-31(19(26)3)37-38-39(32)4/h11-14,16,20,25,27H,5-10,15,17-18H2,1-4H3/t25-,27?/m1/s1. The molecule has 0 spiro atoms. The van der Waals surface area contributed by atoms with Crippen LogP contribution in [-0.2, 0) is 39.6 Å². The summed E-state index contributed by atoms with van der Waals surface area (Å²) in [5.41, 5.74) is 7.61. The van der Waals surface area contributed by atoms with Crippen LogP contribution in [-0.4, -0.2) is 64.5 Å². The number of nitrogens with zero attached hydrogens (tertiary/aromatic N) is 5. The van der Waals surface area contributed by atoms with Crippen LogP contribution in [0.1, 0.15) is 84.7 Å². The minimum Gasteiger partial charge on any atom is -0.493 e. The molecule has 0 saturated heterocycles. The molecule has 0 radical (unpaired) electrons. The fourth-order valence-corrected chi connectivity index (χ4v) is 8.67. The lowest BCUT2D eigenvalue weighted by Gasteiger charge is -2.25. The number of pyridine rings is 1. The van der Waals surface area contributed by atoms with E-state index in [9.17, 15) is 13.2 Å². The zero-order valence-corrected chi connectivity index (χ0v) is 28.5. The number of hydrogen-bond acceptors (Lipinski definition) is 9. The molecular formula is C34H38ClN5O6S. The summed E-state index contributed by atoms with van der Waals surface area (Å²) < 4.78 is 49.1. The second-order valence-electron chi connectivity index (χ2n) is 12.6. The first-order chi connectivity index (χ1) is 22.6. The summed E-state index contributed by atoms with van der Waals surface area (Å²) in [6.45, 7) is 6.72. The average molecular weight is 680 g/mol. The summed E-state index contributed by atoms with van der Waals surface area (Å²) in [7, 11) is -2.12. The summed E-state index contributed by atoms with van der Waals surface area (Å²) in [5.74, 6) is 0.491. The molecule has 4 heterocycles. The summed E-state index contributed by atoms with van der Waals surface area (Å²) in [4.78, 5) is 17.3. The maximum absolute atomic E-state index is 14.1. The molecule has 1 saturated carbocycles. The highest BCUT2D eigenvalue weighted by Crippen LogP contribution is 2.47. The quantitative estimate of drug-likeness (QED) is 0.208. The maximum atomic E-state index is 14.1. The van der Waals surface area contributed by atoms with Gasteiger partial charge in [-0.1, -0.05) is 41.9 Å². The van der Waals surface area contributed by atoms with Crippen LogP contribution >= 0.6 is 11.6 Å². The predicted octanol–water partition coefficient (Wildman–Crippen LogP) is 5.58. The van der Waals surface area contributed by atoms with Gasteiger partial charge in [0.1, 0.15) is 22.3 Å². The Labute approximate surface area is 279 Å². The van der Waals surface area contributed by atoms with E-state index < -0.39 is 16.1 Å². The second kappa shape index (κ2) is 12.4. The molecule has 0 bridgehead atoms. The number of sulfonamides is 1. The number of esters is 1. The molecule has 47 heavy (non-hydrogen) atoms. The number of ether oxygens (including phenoxy) is 3. The Balaban J connectivity index is 1.36. The first-order valence-corrected chi connectivity index (χ1v) is 18.0. The number of benzene rings is 2. The van der Waals surface area contributed by atoms with Crippen molar-refractivity contribution in [3.63, 3.8) is 0 Å². The van der Waals surface area contributed by atoms with Gasteiger partial charge in [-0.25, -0.2) is 18.1 Å². The van der Waals surface area contributed by atoms with E-state index in [1.165, 1.54) is 22.1 Å². The third kappa shape index (κ3) is 5.84. The van der Waals surface area contributed by atoms with Crippen molar-refractivity contribution in [2.75, 3.05) is 19.8 Å². The number of fused-ring (bicyclic) bond motifs is 3. The minimum atomic E-state index is -4.03. The average Bonchev–Trinajstić information content (AvgIpc) is 3.67. The van der Waals surface area contributed by atoms with Crippen LogP contribution in [0.2, 0.25) is 5.02 Å². The van der Waals surface area contributed by atoms with Gasteiger partial charge in [-0.3, -0.25) is 4.79 Å². The number of halogens is 1. The lowest BCUT2D eigenvalue weighted by Crippen LogP contribution is -2.36. The highest BCUT2D eigenvalue weighted by Gasteiger charge is 2.37. The smallest absolute Gasteiger partial charge is 0.306 e. The molecule has 0 N–H and O–H groups in total. The predicted molar refractivity (Wildman–Crippen MR) is 176 cm³/mol. The van der Waals surface area contributed by atoms with Crippen LogP contribution in [0.25, 0.3) is 11.0 Å². The lowest BCUT2D eigenvalue weighted by atomic mass is 9.82. The van der Waals surface area contributed by atoms with Gasteiger partial charge in [0.2, 0.25) is 15.9 Å². The fraction of sp³-hybridized carbons (Fsp3) is 0.471. The number of rotatable bonds is 9. The molecule has 2 atom stereocenters. The zero-order valence-electron chi connectivity index (χ0n) is 27.0. The Morgan fingerprint density at radius 3 is 2.74 bits per heavy atom. The van der Waals surface area contributed by atoms with Crippen molar-refractivity contribution in [3.8, 4) is 11.6 Å². The molecule has 1 fully saturated rings. The van der Waals surface area contributed by atoms with Gasteiger partial charge in [0.15, 0.2) is 0 Å². The lowest BCUT2D eigenvalue weighted by molar-refractivity contribution is -0.143. The third-order valence-corrected chi connectivity index (χ3v) is 11.5. The van der Waals surface area contributed by atoms with Crippen LogP contribution in [0, 0.1) is 6.92 Å². The maximum Gasteiger partial charge on any atom is 0.306 e. The Kier molecular flexibility index (Phi) is 8.38. The summed E-state index contributed by atoms with van der Waals surface area (Å²) in [5, 5.41) is 9.09. The second-order valence-corrected chi connectivity index (χ2v) is 14.9. The molecule has 11 nitrogen and oxygen atoms in total. The minimum absolute atomic E-state index is 0.0476. The monoisotopic (exact) mass is 679 g/mol. The van der Waals surface area contributed by atoms with Crippen molar-refractivity contribution >= 4 is 38.6 Å². The molecule has 2 aromatic carbocycles. The van der Waals surface area contributed by atoms with Gasteiger partial charge >= 0.3 is 5.97 Å². The molecule has 248 valence electrons. The van der Waals surface area contributed by atoms with Crippen LogP contribution < -0.4 is 9.47 Å². The van der Waals surface area contributed by atoms with E-state index in [0.717, 1.165) is 51.7 Å². The molecule has 0 amide bonds. The molecule has 4 aromatic rings. The van der Waals surface area contributed by atoms with Gasteiger partial charge in [-0.15, -0.1) is 5.10 Å². The number of aryl methyl sites for hydroxylation is 2. The van der Waals surface area contributed by atoms with E-state index in [-0.39, 0.29) is 53.8 Å². The SMILES string of the molecule is CCOC(=O)CC(c1cc2c(c(CN3C[C@@H](CC)Oc4ncc(Cl)cc4S3(=O)=O)c1)OCC2)c1cc(C2CC2)c2c(nnn2C)c1C. The summed E-state index contributed by atoms with van der Waals surface area (Å²) >= 11 is 6.21. The van der Waals surface area contributed by atoms with Gasteiger partial charge in [0.05, 0.1) is 36.7 Å². The van der Waals surface area contributed by atoms with E-state index in [0.29, 0.717) is 31.1 Å². The first kappa shape index (κ1) is 31.8. The van der Waals surface area contributed by atoms with E-state index in [1.807, 2.05) is 31.6 Å². The number of carbonyl (C=O) groups is 1. The van der Waals surface area contributed by atoms with Crippen molar-refractivity contribution in [1.82, 2.24) is 24.3 Å². The molecule has 7 rings (SSSR count). The first-order valence-electron chi connectivity index (χ1n) is 16.2. The molecule has 3 aliphatic rings. The Hall–Kier alpha value is -3.74. The van der Waals surface area contributed by atoms with Gasteiger partial charge in [0, 0.05) is 37.7 Å². The van der Waals surface area contributed by atoms with Gasteiger partial charge in [0.25, 0.3) is 0 Å². The van der Waals surface area contributed by atoms with Gasteiger partial charge in [-0.05, 0) is 72.9 Å². The number of carbonyl (C=O) groups excluding carboxylic acids is 1.